The third kappa shape index (κ3) is 4.58. The number of halogens is 3. The van der Waals surface area contributed by atoms with E-state index in [4.69, 9.17) is 4.89 Å². The molecule has 0 aliphatic rings. The Morgan fingerprint density at radius 2 is 2.00 bits per heavy atom. The minimum Gasteiger partial charge on any atom is -0.343 e. The van der Waals surface area contributed by atoms with Crippen LogP contribution in [0, 0.1) is 0 Å². The van der Waals surface area contributed by atoms with Gasteiger partial charge in [0.05, 0.1) is 6.42 Å². The Morgan fingerprint density at radius 3 is 2.10 bits per heavy atom. The first-order chi connectivity index (χ1) is 4.33. The molecule has 0 aromatic heterocycles. The van der Waals surface area contributed by atoms with Gasteiger partial charge in [-0.3, -0.25) is 4.57 Å². The van der Waals surface area contributed by atoms with Crippen molar-refractivity contribution in [3.8, 4) is 0 Å². The van der Waals surface area contributed by atoms with Gasteiger partial charge in [0.1, 0.15) is 0 Å². The molecular weight excluding hydrogens is 168 g/mol. The van der Waals surface area contributed by atoms with Crippen LogP contribution in [0.5, 0.6) is 0 Å². The monoisotopic (exact) mass is 174 g/mol. The van der Waals surface area contributed by atoms with E-state index in [1.165, 1.54) is 0 Å². The van der Waals surface area contributed by atoms with Gasteiger partial charge in [-0.1, -0.05) is 6.58 Å². The van der Waals surface area contributed by atoms with Gasteiger partial charge in [0.25, 0.3) is 0 Å². The van der Waals surface area contributed by atoms with Gasteiger partial charge in [-0.25, -0.2) is 0 Å². The summed E-state index contributed by atoms with van der Waals surface area (Å²) in [6.07, 6.45) is -5.80. The lowest BCUT2D eigenvalue weighted by Gasteiger charge is -2.04. The van der Waals surface area contributed by atoms with Crippen LogP contribution in [0.2, 0.25) is 0 Å². The number of allylic oxidation sites excluding steroid dienone is 1. The molecule has 1 atom stereocenters. The van der Waals surface area contributed by atoms with E-state index < -0.39 is 25.9 Å². The zero-order valence-corrected chi connectivity index (χ0v) is 5.90. The fraction of sp³-hybridized carbons (Fsp3) is 0.500. The third-order valence-corrected chi connectivity index (χ3v) is 1.50. The molecule has 1 N–H and O–H groups in total. The zero-order chi connectivity index (χ0) is 8.36. The average molecular weight is 174 g/mol. The number of rotatable bonds is 2. The van der Waals surface area contributed by atoms with Gasteiger partial charge in [0.15, 0.2) is 0 Å². The third-order valence-electron chi connectivity index (χ3n) is 0.716. The average Bonchev–Trinajstić information content (AvgIpc) is 1.60. The summed E-state index contributed by atoms with van der Waals surface area (Å²) in [7, 11) is -3.21. The van der Waals surface area contributed by atoms with Crippen molar-refractivity contribution in [3.63, 3.8) is 0 Å². The predicted molar refractivity (Wildman–Crippen MR) is 31.0 cm³/mol. The SMILES string of the molecule is C=C(CC(F)(F)F)[PH](=O)O. The van der Waals surface area contributed by atoms with Gasteiger partial charge in [0.2, 0.25) is 8.03 Å². The molecule has 0 aromatic carbocycles. The van der Waals surface area contributed by atoms with E-state index in [-0.39, 0.29) is 0 Å². The fourth-order valence-electron chi connectivity index (χ4n) is 0.318. The summed E-state index contributed by atoms with van der Waals surface area (Å²) in [5.41, 5.74) is 0. The maximum atomic E-state index is 11.4. The van der Waals surface area contributed by atoms with Crippen molar-refractivity contribution in [1.29, 1.82) is 0 Å². The first-order valence-electron chi connectivity index (χ1n) is 2.31. The number of alkyl halides is 3. The Bertz CT molecular complexity index is 162. The Balaban J connectivity index is 3.93. The molecule has 0 aromatic rings. The van der Waals surface area contributed by atoms with Crippen molar-refractivity contribution in [2.45, 2.75) is 12.6 Å². The molecule has 0 spiro atoms. The molecule has 0 heterocycles. The molecule has 1 unspecified atom stereocenters. The summed E-state index contributed by atoms with van der Waals surface area (Å²) >= 11 is 0. The molecule has 2 nitrogen and oxygen atoms in total. The van der Waals surface area contributed by atoms with Gasteiger partial charge < -0.3 is 4.89 Å². The quantitative estimate of drug-likeness (QED) is 0.649. The van der Waals surface area contributed by atoms with Crippen molar-refractivity contribution in [2.24, 2.45) is 0 Å². The van der Waals surface area contributed by atoms with Crippen molar-refractivity contribution >= 4 is 8.03 Å². The largest absolute Gasteiger partial charge is 0.393 e. The number of hydrogen-bond donors (Lipinski definition) is 1. The van der Waals surface area contributed by atoms with Gasteiger partial charge in [-0.15, -0.1) is 0 Å². The summed E-state index contributed by atoms with van der Waals surface area (Å²) in [5, 5.41) is -0.655. The van der Waals surface area contributed by atoms with E-state index in [0.717, 1.165) is 0 Å². The van der Waals surface area contributed by atoms with Crippen molar-refractivity contribution in [1.82, 2.24) is 0 Å². The molecular formula is C4H6F3O2P. The van der Waals surface area contributed by atoms with Gasteiger partial charge >= 0.3 is 6.18 Å². The Labute approximate surface area is 56.2 Å². The molecule has 6 heteroatoms. The molecule has 0 bridgehead atoms. The highest BCUT2D eigenvalue weighted by molar-refractivity contribution is 7.43. The normalized spacial score (nSPS) is 14.8. The maximum absolute atomic E-state index is 11.4. The van der Waals surface area contributed by atoms with E-state index >= 15 is 0 Å². The Hall–Kier alpha value is -0.280. The molecule has 0 radical (unpaired) electrons. The van der Waals surface area contributed by atoms with E-state index in [1.54, 1.807) is 0 Å². The van der Waals surface area contributed by atoms with Crippen LogP contribution in [0.1, 0.15) is 6.42 Å². The molecule has 0 saturated heterocycles. The van der Waals surface area contributed by atoms with Gasteiger partial charge in [-0.05, 0) is 0 Å². The van der Waals surface area contributed by atoms with Gasteiger partial charge in [-0.2, -0.15) is 13.2 Å². The molecule has 0 aliphatic carbocycles. The van der Waals surface area contributed by atoms with Crippen LogP contribution >= 0.6 is 8.03 Å². The van der Waals surface area contributed by atoms with Crippen molar-refractivity contribution in [3.05, 3.63) is 11.9 Å². The molecule has 10 heavy (non-hydrogen) atoms. The van der Waals surface area contributed by atoms with Crippen LogP contribution in [-0.2, 0) is 4.57 Å². The van der Waals surface area contributed by atoms with Crippen LogP contribution in [0.25, 0.3) is 0 Å². The second-order valence-electron chi connectivity index (χ2n) is 1.70. The molecule has 60 valence electrons. The van der Waals surface area contributed by atoms with Crippen LogP contribution < -0.4 is 0 Å². The molecule has 0 fully saturated rings. The first-order valence-corrected chi connectivity index (χ1v) is 3.66. The van der Waals surface area contributed by atoms with E-state index in [2.05, 4.69) is 6.58 Å². The van der Waals surface area contributed by atoms with Crippen LogP contribution in [-0.4, -0.2) is 11.1 Å². The van der Waals surface area contributed by atoms with Gasteiger partial charge in [0, 0.05) is 5.31 Å². The number of hydrogen-bond acceptors (Lipinski definition) is 1. The highest BCUT2D eigenvalue weighted by Crippen LogP contribution is 2.35. The second kappa shape index (κ2) is 3.21. The standard InChI is InChI=1S/C4H6F3O2P/c1-3(10(8)9)2-4(5,6)7/h10H,1-2H2,(H,8,9). The molecule has 0 rings (SSSR count). The smallest absolute Gasteiger partial charge is 0.343 e. The highest BCUT2D eigenvalue weighted by Gasteiger charge is 2.29. The lowest BCUT2D eigenvalue weighted by molar-refractivity contribution is -0.125. The highest BCUT2D eigenvalue weighted by atomic mass is 31.1. The fourth-order valence-corrected chi connectivity index (χ4v) is 0.669. The van der Waals surface area contributed by atoms with Crippen molar-refractivity contribution in [2.75, 3.05) is 0 Å². The zero-order valence-electron chi connectivity index (χ0n) is 4.90. The van der Waals surface area contributed by atoms with Crippen LogP contribution in [0.4, 0.5) is 13.2 Å². The minimum atomic E-state index is -4.43. The summed E-state index contributed by atoms with van der Waals surface area (Å²) in [5.74, 6) is 0. The lowest BCUT2D eigenvalue weighted by atomic mass is 10.4. The molecule has 0 amide bonds. The van der Waals surface area contributed by atoms with Crippen LogP contribution in [0.3, 0.4) is 0 Å². The molecule has 0 saturated carbocycles. The van der Waals surface area contributed by atoms with E-state index in [1.807, 2.05) is 0 Å². The summed E-state index contributed by atoms with van der Waals surface area (Å²) < 4.78 is 44.1. The maximum Gasteiger partial charge on any atom is 0.393 e. The summed E-state index contributed by atoms with van der Waals surface area (Å²) in [6.45, 7) is 2.80. The van der Waals surface area contributed by atoms with E-state index in [9.17, 15) is 17.7 Å². The van der Waals surface area contributed by atoms with Crippen molar-refractivity contribution < 1.29 is 22.6 Å². The summed E-state index contributed by atoms with van der Waals surface area (Å²) in [6, 6.07) is 0. The second-order valence-corrected chi connectivity index (χ2v) is 3.02. The lowest BCUT2D eigenvalue weighted by Crippen LogP contribution is -2.06. The van der Waals surface area contributed by atoms with E-state index in [0.29, 0.717) is 0 Å². The first kappa shape index (κ1) is 9.72. The van der Waals surface area contributed by atoms with Crippen LogP contribution in [0.15, 0.2) is 11.9 Å². The predicted octanol–water partition coefficient (Wildman–Crippen LogP) is 1.92. The Kier molecular flexibility index (Phi) is 3.12. The minimum absolute atomic E-state index is 0.655. The molecule has 0 aliphatic heterocycles. The topological polar surface area (TPSA) is 37.3 Å². The Morgan fingerprint density at radius 1 is 1.60 bits per heavy atom. The summed E-state index contributed by atoms with van der Waals surface area (Å²) in [4.78, 5) is 8.13.